The molecular weight excluding hydrogens is 276 g/mol. The largest absolute Gasteiger partial charge is 0.294 e. The van der Waals surface area contributed by atoms with Crippen LogP contribution in [0, 0.1) is 11.8 Å². The summed E-state index contributed by atoms with van der Waals surface area (Å²) in [6.07, 6.45) is 6.18. The van der Waals surface area contributed by atoms with Crippen LogP contribution in [0.4, 0.5) is 0 Å². The van der Waals surface area contributed by atoms with Gasteiger partial charge in [-0.3, -0.25) is 9.78 Å². The van der Waals surface area contributed by atoms with Gasteiger partial charge in [-0.2, -0.15) is 0 Å². The van der Waals surface area contributed by atoms with Crippen LogP contribution in [0.2, 0.25) is 0 Å². The highest BCUT2D eigenvalue weighted by atomic mass is 32.2. The van der Waals surface area contributed by atoms with Gasteiger partial charge in [0.25, 0.3) is 0 Å². The van der Waals surface area contributed by atoms with Crippen LogP contribution in [0.1, 0.15) is 30.1 Å². The molecule has 2 heterocycles. The summed E-state index contributed by atoms with van der Waals surface area (Å²) in [6, 6.07) is 3.47. The maximum atomic E-state index is 12.5. The lowest BCUT2D eigenvalue weighted by Crippen LogP contribution is -2.28. The maximum Gasteiger partial charge on any atom is 0.211 e. The van der Waals surface area contributed by atoms with E-state index >= 15 is 0 Å². The fraction of sp³-hybridized carbons (Fsp3) is 0.571. The molecule has 1 fully saturated rings. The predicted octanol–water partition coefficient (Wildman–Crippen LogP) is 1.57. The van der Waals surface area contributed by atoms with Crippen molar-refractivity contribution in [2.24, 2.45) is 11.8 Å². The Labute approximate surface area is 120 Å². The third-order valence-corrected chi connectivity index (χ3v) is 5.05. The summed E-state index contributed by atoms with van der Waals surface area (Å²) in [5.74, 6) is -0.154. The van der Waals surface area contributed by atoms with Gasteiger partial charge >= 0.3 is 0 Å². The van der Waals surface area contributed by atoms with E-state index in [9.17, 15) is 13.2 Å². The van der Waals surface area contributed by atoms with Crippen LogP contribution in [0.15, 0.2) is 24.5 Å². The van der Waals surface area contributed by atoms with Gasteiger partial charge in [0, 0.05) is 37.0 Å². The highest BCUT2D eigenvalue weighted by Gasteiger charge is 2.40. The predicted molar refractivity (Wildman–Crippen MR) is 76.9 cm³/mol. The third-order valence-electron chi connectivity index (χ3n) is 3.82. The third kappa shape index (κ3) is 3.24. The normalized spacial score (nSPS) is 23.9. The van der Waals surface area contributed by atoms with E-state index in [4.69, 9.17) is 0 Å². The van der Waals surface area contributed by atoms with Crippen molar-refractivity contribution >= 4 is 15.8 Å². The van der Waals surface area contributed by atoms with E-state index in [-0.39, 0.29) is 24.2 Å². The second-order valence-corrected chi connectivity index (χ2v) is 7.32. The summed E-state index contributed by atoms with van der Waals surface area (Å²) in [6.45, 7) is 2.79. The summed E-state index contributed by atoms with van der Waals surface area (Å²) in [5, 5.41) is 0. The summed E-state index contributed by atoms with van der Waals surface area (Å²) in [4.78, 5) is 16.5. The smallest absolute Gasteiger partial charge is 0.211 e. The van der Waals surface area contributed by atoms with Gasteiger partial charge in [0.15, 0.2) is 5.78 Å². The van der Waals surface area contributed by atoms with E-state index in [2.05, 4.69) is 11.9 Å². The van der Waals surface area contributed by atoms with Gasteiger partial charge in [-0.25, -0.2) is 12.7 Å². The zero-order chi connectivity index (χ0) is 14.8. The molecule has 1 aliphatic rings. The zero-order valence-electron chi connectivity index (χ0n) is 11.8. The molecule has 20 heavy (non-hydrogen) atoms. The molecule has 1 saturated heterocycles. The first kappa shape index (κ1) is 15.1. The summed E-state index contributed by atoms with van der Waals surface area (Å²) in [7, 11) is -3.24. The van der Waals surface area contributed by atoms with Gasteiger partial charge in [0.1, 0.15) is 0 Å². The Hall–Kier alpha value is -1.27. The van der Waals surface area contributed by atoms with Crippen LogP contribution in [-0.2, 0) is 10.0 Å². The molecule has 0 radical (unpaired) electrons. The molecule has 0 N–H and O–H groups in total. The highest BCUT2D eigenvalue weighted by Crippen LogP contribution is 2.31. The molecule has 1 aromatic heterocycles. The Morgan fingerprint density at radius 1 is 1.45 bits per heavy atom. The van der Waals surface area contributed by atoms with Crippen LogP contribution in [-0.4, -0.2) is 42.8 Å². The number of ketones is 1. The Balaban J connectivity index is 2.22. The molecular formula is C14H20N2O3S. The molecule has 0 bridgehead atoms. The molecule has 1 aromatic rings. The molecule has 0 saturated carbocycles. The van der Waals surface area contributed by atoms with Crippen molar-refractivity contribution < 1.29 is 13.2 Å². The first-order valence-corrected chi connectivity index (χ1v) is 8.67. The maximum absolute atomic E-state index is 12.5. The van der Waals surface area contributed by atoms with Crippen LogP contribution in [0.3, 0.4) is 0 Å². The zero-order valence-corrected chi connectivity index (χ0v) is 12.6. The van der Waals surface area contributed by atoms with Crippen molar-refractivity contribution in [3.63, 3.8) is 0 Å². The van der Waals surface area contributed by atoms with Crippen LogP contribution < -0.4 is 0 Å². The monoisotopic (exact) mass is 296 g/mol. The van der Waals surface area contributed by atoms with E-state index in [0.29, 0.717) is 12.1 Å². The Kier molecular flexibility index (Phi) is 4.55. The van der Waals surface area contributed by atoms with Crippen molar-refractivity contribution in [2.45, 2.75) is 19.8 Å². The quantitative estimate of drug-likeness (QED) is 0.774. The summed E-state index contributed by atoms with van der Waals surface area (Å²) < 4.78 is 24.8. The second kappa shape index (κ2) is 6.01. The number of rotatable bonds is 5. The number of aromatic nitrogens is 1. The highest BCUT2D eigenvalue weighted by molar-refractivity contribution is 7.88. The van der Waals surface area contributed by atoms with Gasteiger partial charge in [-0.05, 0) is 24.5 Å². The van der Waals surface area contributed by atoms with Crippen LogP contribution in [0.25, 0.3) is 0 Å². The van der Waals surface area contributed by atoms with Crippen LogP contribution in [0.5, 0.6) is 0 Å². The van der Waals surface area contributed by atoms with Gasteiger partial charge in [-0.15, -0.1) is 0 Å². The molecule has 0 spiro atoms. The number of nitrogens with zero attached hydrogens (tertiary/aromatic N) is 2. The minimum atomic E-state index is -3.24. The molecule has 6 heteroatoms. The van der Waals surface area contributed by atoms with Crippen LogP contribution >= 0.6 is 0 Å². The SMILES string of the molecule is CCC[C@H]1CN(S(C)(=O)=O)CC1C(=O)c1cccnc1. The Bertz CT molecular complexity index is 571. The lowest BCUT2D eigenvalue weighted by atomic mass is 9.86. The minimum Gasteiger partial charge on any atom is -0.294 e. The number of hydrogen-bond acceptors (Lipinski definition) is 4. The topological polar surface area (TPSA) is 67.3 Å². The molecule has 1 aliphatic heterocycles. The minimum absolute atomic E-state index is 0.00250. The molecule has 0 aromatic carbocycles. The number of sulfonamides is 1. The van der Waals surface area contributed by atoms with Gasteiger partial charge in [-0.1, -0.05) is 13.3 Å². The van der Waals surface area contributed by atoms with Gasteiger partial charge < -0.3 is 0 Å². The number of pyridine rings is 1. The molecule has 2 rings (SSSR count). The number of carbonyl (C=O) groups excluding carboxylic acids is 1. The first-order valence-electron chi connectivity index (χ1n) is 6.83. The van der Waals surface area contributed by atoms with Crippen molar-refractivity contribution in [3.8, 4) is 0 Å². The molecule has 0 amide bonds. The van der Waals surface area contributed by atoms with Crippen molar-refractivity contribution in [3.05, 3.63) is 30.1 Å². The average Bonchev–Trinajstić information content (AvgIpc) is 2.83. The van der Waals surface area contributed by atoms with E-state index < -0.39 is 10.0 Å². The van der Waals surface area contributed by atoms with E-state index in [1.807, 2.05) is 0 Å². The fourth-order valence-corrected chi connectivity index (χ4v) is 3.68. The Morgan fingerprint density at radius 3 is 2.75 bits per heavy atom. The summed E-state index contributed by atoms with van der Waals surface area (Å²) in [5.41, 5.74) is 0.564. The second-order valence-electron chi connectivity index (χ2n) is 5.34. The average molecular weight is 296 g/mol. The standard InChI is InChI=1S/C14H20N2O3S/c1-3-5-12-9-16(20(2,18)19)10-13(12)14(17)11-6-4-7-15-8-11/h4,6-8,12-13H,3,5,9-10H2,1-2H3/t12-,13?/m0/s1. The molecule has 0 aliphatic carbocycles. The van der Waals surface area contributed by atoms with Crippen molar-refractivity contribution in [1.29, 1.82) is 0 Å². The molecule has 1 unspecified atom stereocenters. The van der Waals surface area contributed by atoms with E-state index in [0.717, 1.165) is 12.8 Å². The van der Waals surface area contributed by atoms with Crippen molar-refractivity contribution in [1.82, 2.24) is 9.29 Å². The van der Waals surface area contributed by atoms with E-state index in [1.165, 1.54) is 10.6 Å². The summed E-state index contributed by atoms with van der Waals surface area (Å²) >= 11 is 0. The van der Waals surface area contributed by atoms with Gasteiger partial charge in [0.05, 0.1) is 6.26 Å². The van der Waals surface area contributed by atoms with E-state index in [1.54, 1.807) is 24.5 Å². The van der Waals surface area contributed by atoms with Crippen molar-refractivity contribution in [2.75, 3.05) is 19.3 Å². The lowest BCUT2D eigenvalue weighted by molar-refractivity contribution is 0.0897. The molecule has 2 atom stereocenters. The molecule has 110 valence electrons. The lowest BCUT2D eigenvalue weighted by Gasteiger charge is -2.15. The van der Waals surface area contributed by atoms with Gasteiger partial charge in [0.2, 0.25) is 10.0 Å². The number of Topliss-reactive ketones (excluding diaryl/α,β-unsaturated/α-hetero) is 1. The number of hydrogen-bond donors (Lipinski definition) is 0. The fourth-order valence-electron chi connectivity index (χ4n) is 2.79. The Morgan fingerprint density at radius 2 is 2.20 bits per heavy atom. The first-order chi connectivity index (χ1) is 9.43. The molecule has 5 nitrogen and oxygen atoms in total. The number of carbonyl (C=O) groups is 1.